The number of benzene rings is 1. The lowest BCUT2D eigenvalue weighted by Gasteiger charge is -2.39. The van der Waals surface area contributed by atoms with Crippen LogP contribution in [0, 0.1) is 6.92 Å². The van der Waals surface area contributed by atoms with Crippen LogP contribution < -0.4 is 4.90 Å². The van der Waals surface area contributed by atoms with Gasteiger partial charge in [-0.3, -0.25) is 4.79 Å². The van der Waals surface area contributed by atoms with E-state index in [9.17, 15) is 9.59 Å². The summed E-state index contributed by atoms with van der Waals surface area (Å²) in [5.74, 6) is 0.110. The average molecular weight is 436 g/mol. The van der Waals surface area contributed by atoms with Gasteiger partial charge in [0.2, 0.25) is 5.91 Å². The number of amides is 2. The van der Waals surface area contributed by atoms with Crippen molar-refractivity contribution in [3.05, 3.63) is 28.3 Å². The monoisotopic (exact) mass is 435 g/mol. The van der Waals surface area contributed by atoms with Crippen molar-refractivity contribution in [2.24, 2.45) is 0 Å². The van der Waals surface area contributed by atoms with E-state index in [1.807, 2.05) is 38.7 Å². The van der Waals surface area contributed by atoms with Crippen molar-refractivity contribution in [1.29, 1.82) is 0 Å². The molecule has 30 heavy (non-hydrogen) atoms. The van der Waals surface area contributed by atoms with Crippen LogP contribution in [0.5, 0.6) is 0 Å². The Morgan fingerprint density at radius 1 is 1.17 bits per heavy atom. The predicted octanol–water partition coefficient (Wildman–Crippen LogP) is 4.78. The molecule has 2 aliphatic rings. The van der Waals surface area contributed by atoms with Crippen molar-refractivity contribution in [3.8, 4) is 0 Å². The molecule has 1 saturated carbocycles. The highest BCUT2D eigenvalue weighted by Crippen LogP contribution is 2.39. The van der Waals surface area contributed by atoms with Gasteiger partial charge in [0, 0.05) is 49.9 Å². The SMILES string of the molecule is CC(=O)N(C1CC1)[C@@H](C)c1cc(C)c(Cl)cc1N1CCN(C(=O)OC(C)(C)C)CC1. The Labute approximate surface area is 185 Å². The zero-order chi connectivity index (χ0) is 22.2. The van der Waals surface area contributed by atoms with Crippen molar-refractivity contribution in [2.75, 3.05) is 31.1 Å². The summed E-state index contributed by atoms with van der Waals surface area (Å²) < 4.78 is 5.51. The Balaban J connectivity index is 1.80. The molecule has 0 N–H and O–H groups in total. The summed E-state index contributed by atoms with van der Waals surface area (Å²) in [4.78, 5) is 30.8. The maximum Gasteiger partial charge on any atom is 0.410 e. The van der Waals surface area contributed by atoms with E-state index in [1.165, 1.54) is 0 Å². The second kappa shape index (κ2) is 8.66. The van der Waals surface area contributed by atoms with E-state index >= 15 is 0 Å². The van der Waals surface area contributed by atoms with E-state index in [0.717, 1.165) is 34.7 Å². The number of nitrogens with zero attached hydrogens (tertiary/aromatic N) is 3. The lowest BCUT2D eigenvalue weighted by molar-refractivity contribution is -0.131. The molecule has 7 heteroatoms. The third-order valence-corrected chi connectivity index (χ3v) is 6.16. The zero-order valence-electron chi connectivity index (χ0n) is 19.0. The molecule has 2 fully saturated rings. The Hall–Kier alpha value is -1.95. The van der Waals surface area contributed by atoms with Gasteiger partial charge >= 0.3 is 6.09 Å². The molecule has 0 bridgehead atoms. The van der Waals surface area contributed by atoms with E-state index in [2.05, 4.69) is 17.9 Å². The van der Waals surface area contributed by atoms with Crippen LogP contribution in [0.3, 0.4) is 0 Å². The number of hydrogen-bond acceptors (Lipinski definition) is 4. The van der Waals surface area contributed by atoms with Crippen LogP contribution in [0.2, 0.25) is 5.02 Å². The van der Waals surface area contributed by atoms with Gasteiger partial charge in [-0.25, -0.2) is 4.79 Å². The van der Waals surface area contributed by atoms with E-state index in [4.69, 9.17) is 16.3 Å². The highest BCUT2D eigenvalue weighted by Gasteiger charge is 2.36. The molecular formula is C23H34ClN3O3. The van der Waals surface area contributed by atoms with Crippen molar-refractivity contribution < 1.29 is 14.3 Å². The maximum atomic E-state index is 12.4. The van der Waals surface area contributed by atoms with E-state index in [-0.39, 0.29) is 18.0 Å². The van der Waals surface area contributed by atoms with Crippen LogP contribution in [-0.4, -0.2) is 59.6 Å². The molecule has 1 aliphatic heterocycles. The Morgan fingerprint density at radius 3 is 2.27 bits per heavy atom. The molecule has 1 atom stereocenters. The maximum absolute atomic E-state index is 12.4. The molecule has 1 heterocycles. The molecule has 0 unspecified atom stereocenters. The third kappa shape index (κ3) is 5.20. The number of aryl methyl sites for hydroxylation is 1. The number of hydrogen-bond donors (Lipinski definition) is 0. The van der Waals surface area contributed by atoms with Crippen molar-refractivity contribution in [3.63, 3.8) is 0 Å². The topological polar surface area (TPSA) is 53.1 Å². The number of carbonyl (C=O) groups is 2. The van der Waals surface area contributed by atoms with E-state index in [0.29, 0.717) is 32.2 Å². The Bertz CT molecular complexity index is 809. The summed E-state index contributed by atoms with van der Waals surface area (Å²) in [5.41, 5.74) is 2.67. The van der Waals surface area contributed by atoms with Gasteiger partial charge in [0.25, 0.3) is 0 Å². The summed E-state index contributed by atoms with van der Waals surface area (Å²) in [6.45, 7) is 14.0. The predicted molar refractivity (Wildman–Crippen MR) is 120 cm³/mol. The van der Waals surface area contributed by atoms with Gasteiger partial charge in [-0.1, -0.05) is 17.7 Å². The summed E-state index contributed by atoms with van der Waals surface area (Å²) in [5, 5.41) is 0.719. The Morgan fingerprint density at radius 2 is 1.77 bits per heavy atom. The van der Waals surface area contributed by atoms with Gasteiger partial charge in [0.05, 0.1) is 6.04 Å². The molecular weight excluding hydrogens is 402 g/mol. The highest BCUT2D eigenvalue weighted by molar-refractivity contribution is 6.31. The van der Waals surface area contributed by atoms with Crippen molar-refractivity contribution >= 4 is 29.3 Å². The van der Waals surface area contributed by atoms with E-state index < -0.39 is 5.60 Å². The summed E-state index contributed by atoms with van der Waals surface area (Å²) in [6.07, 6.45) is 1.87. The molecule has 0 radical (unpaired) electrons. The molecule has 1 aliphatic carbocycles. The van der Waals surface area contributed by atoms with Gasteiger partial charge in [-0.2, -0.15) is 0 Å². The quantitative estimate of drug-likeness (QED) is 0.683. The molecule has 1 aromatic carbocycles. The van der Waals surface area contributed by atoms with Crippen molar-refractivity contribution in [2.45, 2.75) is 72.1 Å². The number of piperazine rings is 1. The lowest BCUT2D eigenvalue weighted by atomic mass is 10.00. The van der Waals surface area contributed by atoms with Crippen molar-refractivity contribution in [1.82, 2.24) is 9.80 Å². The number of anilines is 1. The minimum Gasteiger partial charge on any atom is -0.444 e. The first kappa shape index (κ1) is 22.7. The Kier molecular flexibility index (Phi) is 6.56. The molecule has 1 aromatic rings. The summed E-state index contributed by atoms with van der Waals surface area (Å²) in [7, 11) is 0. The first-order chi connectivity index (χ1) is 14.0. The second-order valence-electron chi connectivity index (χ2n) is 9.45. The summed E-state index contributed by atoms with van der Waals surface area (Å²) in [6, 6.07) is 4.44. The van der Waals surface area contributed by atoms with Crippen LogP contribution >= 0.6 is 11.6 Å². The van der Waals surface area contributed by atoms with Crippen LogP contribution in [0.15, 0.2) is 12.1 Å². The first-order valence-corrected chi connectivity index (χ1v) is 11.2. The highest BCUT2D eigenvalue weighted by atomic mass is 35.5. The minimum absolute atomic E-state index is 0.0233. The largest absolute Gasteiger partial charge is 0.444 e. The number of carbonyl (C=O) groups excluding carboxylic acids is 2. The van der Waals surface area contributed by atoms with Crippen LogP contribution in [0.1, 0.15) is 64.6 Å². The smallest absolute Gasteiger partial charge is 0.410 e. The van der Waals surface area contributed by atoms with Gasteiger partial charge in [0.15, 0.2) is 0 Å². The lowest BCUT2D eigenvalue weighted by Crippen LogP contribution is -2.50. The molecule has 0 aromatic heterocycles. The van der Waals surface area contributed by atoms with Crippen LogP contribution in [0.25, 0.3) is 0 Å². The number of halogens is 1. The van der Waals surface area contributed by atoms with Gasteiger partial charge < -0.3 is 19.4 Å². The fourth-order valence-corrected chi connectivity index (χ4v) is 4.26. The second-order valence-corrected chi connectivity index (χ2v) is 9.86. The van der Waals surface area contributed by atoms with Gasteiger partial charge in [0.1, 0.15) is 5.60 Å². The molecule has 2 amide bonds. The molecule has 166 valence electrons. The molecule has 6 nitrogen and oxygen atoms in total. The fraction of sp³-hybridized carbons (Fsp3) is 0.652. The molecule has 0 spiro atoms. The van der Waals surface area contributed by atoms with E-state index in [1.54, 1.807) is 11.8 Å². The zero-order valence-corrected chi connectivity index (χ0v) is 19.8. The third-order valence-electron chi connectivity index (χ3n) is 5.75. The normalized spacial score (nSPS) is 18.2. The fourth-order valence-electron chi connectivity index (χ4n) is 4.11. The summed E-state index contributed by atoms with van der Waals surface area (Å²) >= 11 is 6.49. The molecule has 1 saturated heterocycles. The first-order valence-electron chi connectivity index (χ1n) is 10.8. The minimum atomic E-state index is -0.500. The van der Waals surface area contributed by atoms with Gasteiger partial charge in [-0.05, 0) is 64.7 Å². The average Bonchev–Trinajstić information content (AvgIpc) is 3.47. The van der Waals surface area contributed by atoms with Crippen LogP contribution in [0.4, 0.5) is 10.5 Å². The molecule has 3 rings (SSSR count). The number of rotatable bonds is 4. The number of ether oxygens (including phenoxy) is 1. The van der Waals surface area contributed by atoms with Gasteiger partial charge in [-0.15, -0.1) is 0 Å². The van der Waals surface area contributed by atoms with Crippen LogP contribution in [-0.2, 0) is 9.53 Å². The standard InChI is InChI=1S/C23H34ClN3O3/c1-15-13-19(16(2)27(17(3)28)18-7-8-18)21(14-20(15)24)25-9-11-26(12-10-25)22(29)30-23(4,5)6/h13-14,16,18H,7-12H2,1-6H3/t16-/m0/s1.